The van der Waals surface area contributed by atoms with Crippen molar-refractivity contribution in [1.82, 2.24) is 20.1 Å². The topological polar surface area (TPSA) is 59.8 Å². The summed E-state index contributed by atoms with van der Waals surface area (Å²) in [6, 6.07) is 16.0. The standard InChI is InChI=1S/C22H19FN4OS/c1-15-20(29-22(26-15)16-7-9-19(23)10-8-16)21(28)24-13-17-5-2-3-6-18(17)14-27-12-4-11-25-27/h2-12H,13-14H2,1H3,(H,24,28). The Morgan fingerprint density at radius 1 is 1.10 bits per heavy atom. The molecule has 2 heterocycles. The molecule has 5 nitrogen and oxygen atoms in total. The summed E-state index contributed by atoms with van der Waals surface area (Å²) >= 11 is 1.31. The second-order valence-electron chi connectivity index (χ2n) is 6.60. The Balaban J connectivity index is 1.47. The number of halogens is 1. The van der Waals surface area contributed by atoms with Gasteiger partial charge in [0.25, 0.3) is 5.91 Å². The molecule has 4 aromatic rings. The monoisotopic (exact) mass is 406 g/mol. The maximum atomic E-state index is 13.1. The zero-order chi connectivity index (χ0) is 20.2. The van der Waals surface area contributed by atoms with Crippen LogP contribution in [0, 0.1) is 12.7 Å². The van der Waals surface area contributed by atoms with E-state index in [0.717, 1.165) is 16.7 Å². The van der Waals surface area contributed by atoms with Gasteiger partial charge in [0.1, 0.15) is 15.7 Å². The van der Waals surface area contributed by atoms with Crippen LogP contribution in [0.5, 0.6) is 0 Å². The molecule has 0 saturated carbocycles. The van der Waals surface area contributed by atoms with Gasteiger partial charge in [-0.25, -0.2) is 9.37 Å². The molecule has 0 saturated heterocycles. The first-order valence-corrected chi connectivity index (χ1v) is 9.97. The molecule has 7 heteroatoms. The summed E-state index contributed by atoms with van der Waals surface area (Å²) in [6.07, 6.45) is 3.66. The number of nitrogens with one attached hydrogen (secondary N) is 1. The van der Waals surface area contributed by atoms with E-state index in [-0.39, 0.29) is 11.7 Å². The van der Waals surface area contributed by atoms with Gasteiger partial charge in [0, 0.05) is 24.5 Å². The Morgan fingerprint density at radius 2 is 1.86 bits per heavy atom. The molecule has 0 aliphatic carbocycles. The lowest BCUT2D eigenvalue weighted by molar-refractivity contribution is 0.0954. The maximum Gasteiger partial charge on any atom is 0.263 e. The van der Waals surface area contributed by atoms with Crippen LogP contribution in [-0.2, 0) is 13.1 Å². The van der Waals surface area contributed by atoms with Crippen molar-refractivity contribution >= 4 is 17.2 Å². The van der Waals surface area contributed by atoms with Gasteiger partial charge in [-0.3, -0.25) is 9.48 Å². The number of aromatic nitrogens is 3. The molecule has 2 aromatic carbocycles. The van der Waals surface area contributed by atoms with Gasteiger partial charge in [-0.05, 0) is 48.4 Å². The van der Waals surface area contributed by atoms with E-state index in [1.807, 2.05) is 48.1 Å². The number of carbonyl (C=O) groups is 1. The van der Waals surface area contributed by atoms with Crippen molar-refractivity contribution in [3.8, 4) is 10.6 Å². The van der Waals surface area contributed by atoms with Gasteiger partial charge in [-0.15, -0.1) is 11.3 Å². The fourth-order valence-corrected chi connectivity index (χ4v) is 4.02. The third-order valence-electron chi connectivity index (χ3n) is 4.54. The summed E-state index contributed by atoms with van der Waals surface area (Å²) in [6.45, 7) is 2.87. The first-order chi connectivity index (χ1) is 14.1. The van der Waals surface area contributed by atoms with E-state index >= 15 is 0 Å². The third kappa shape index (κ3) is 4.41. The SMILES string of the molecule is Cc1nc(-c2ccc(F)cc2)sc1C(=O)NCc1ccccc1Cn1cccn1. The molecule has 4 rings (SSSR count). The summed E-state index contributed by atoms with van der Waals surface area (Å²) in [5, 5.41) is 7.94. The molecule has 2 aromatic heterocycles. The smallest absolute Gasteiger partial charge is 0.263 e. The zero-order valence-electron chi connectivity index (χ0n) is 15.8. The number of aryl methyl sites for hydroxylation is 1. The molecule has 0 aliphatic rings. The Kier molecular flexibility index (Phi) is 5.48. The van der Waals surface area contributed by atoms with Gasteiger partial charge in [-0.1, -0.05) is 24.3 Å². The van der Waals surface area contributed by atoms with E-state index in [4.69, 9.17) is 0 Å². The molecular weight excluding hydrogens is 387 g/mol. The molecule has 0 aliphatic heterocycles. The van der Waals surface area contributed by atoms with Crippen LogP contribution < -0.4 is 5.32 Å². The van der Waals surface area contributed by atoms with Crippen molar-refractivity contribution in [2.45, 2.75) is 20.0 Å². The summed E-state index contributed by atoms with van der Waals surface area (Å²) in [7, 11) is 0. The van der Waals surface area contributed by atoms with Crippen LogP contribution in [-0.4, -0.2) is 20.7 Å². The van der Waals surface area contributed by atoms with Gasteiger partial charge in [-0.2, -0.15) is 5.10 Å². The molecule has 146 valence electrons. The summed E-state index contributed by atoms with van der Waals surface area (Å²) < 4.78 is 15.0. The van der Waals surface area contributed by atoms with Crippen molar-refractivity contribution in [1.29, 1.82) is 0 Å². The average molecular weight is 406 g/mol. The van der Waals surface area contributed by atoms with Gasteiger partial charge in [0.2, 0.25) is 0 Å². The molecule has 0 bridgehead atoms. The minimum Gasteiger partial charge on any atom is -0.347 e. The van der Waals surface area contributed by atoms with Crippen LogP contribution in [0.3, 0.4) is 0 Å². The van der Waals surface area contributed by atoms with Gasteiger partial charge in [0.05, 0.1) is 12.2 Å². The largest absolute Gasteiger partial charge is 0.347 e. The highest BCUT2D eigenvalue weighted by Crippen LogP contribution is 2.28. The Morgan fingerprint density at radius 3 is 2.59 bits per heavy atom. The predicted octanol–water partition coefficient (Wildman–Crippen LogP) is 4.43. The molecule has 0 spiro atoms. The lowest BCUT2D eigenvalue weighted by Crippen LogP contribution is -2.23. The van der Waals surface area contributed by atoms with Crippen molar-refractivity contribution < 1.29 is 9.18 Å². The third-order valence-corrected chi connectivity index (χ3v) is 5.75. The highest BCUT2D eigenvalue weighted by Gasteiger charge is 2.16. The van der Waals surface area contributed by atoms with E-state index < -0.39 is 0 Å². The summed E-state index contributed by atoms with van der Waals surface area (Å²) in [5.41, 5.74) is 3.60. The number of carbonyl (C=O) groups excluding carboxylic acids is 1. The van der Waals surface area contributed by atoms with Crippen molar-refractivity contribution in [2.75, 3.05) is 0 Å². The molecule has 1 amide bonds. The van der Waals surface area contributed by atoms with Gasteiger partial charge < -0.3 is 5.32 Å². The highest BCUT2D eigenvalue weighted by molar-refractivity contribution is 7.17. The highest BCUT2D eigenvalue weighted by atomic mass is 32.1. The number of amides is 1. The van der Waals surface area contributed by atoms with E-state index in [1.54, 1.807) is 18.3 Å². The zero-order valence-corrected chi connectivity index (χ0v) is 16.6. The van der Waals surface area contributed by atoms with Crippen molar-refractivity contribution in [2.24, 2.45) is 0 Å². The molecule has 29 heavy (non-hydrogen) atoms. The number of rotatable bonds is 6. The number of benzene rings is 2. The quantitative estimate of drug-likeness (QED) is 0.515. The Labute approximate surface area is 171 Å². The summed E-state index contributed by atoms with van der Waals surface area (Å²) in [5.74, 6) is -0.462. The normalized spacial score (nSPS) is 10.8. The molecular formula is C22H19FN4OS. The minimum absolute atomic E-state index is 0.165. The van der Waals surface area contributed by atoms with Crippen LogP contribution in [0.4, 0.5) is 4.39 Å². The lowest BCUT2D eigenvalue weighted by atomic mass is 10.1. The van der Waals surface area contributed by atoms with Crippen molar-refractivity contribution in [3.05, 3.63) is 94.5 Å². The van der Waals surface area contributed by atoms with E-state index in [2.05, 4.69) is 15.4 Å². The lowest BCUT2D eigenvalue weighted by Gasteiger charge is -2.10. The minimum atomic E-state index is -0.297. The van der Waals surface area contributed by atoms with E-state index in [1.165, 1.54) is 23.5 Å². The van der Waals surface area contributed by atoms with Crippen LogP contribution in [0.2, 0.25) is 0 Å². The van der Waals surface area contributed by atoms with Crippen LogP contribution in [0.25, 0.3) is 10.6 Å². The van der Waals surface area contributed by atoms with E-state index in [0.29, 0.717) is 28.7 Å². The fourth-order valence-electron chi connectivity index (χ4n) is 3.03. The summed E-state index contributed by atoms with van der Waals surface area (Å²) in [4.78, 5) is 17.8. The predicted molar refractivity (Wildman–Crippen MR) is 111 cm³/mol. The fraction of sp³-hybridized carbons (Fsp3) is 0.136. The Hall–Kier alpha value is -3.32. The average Bonchev–Trinajstić information content (AvgIpc) is 3.37. The number of nitrogens with zero attached hydrogens (tertiary/aromatic N) is 3. The number of thiazole rings is 1. The second kappa shape index (κ2) is 8.36. The first-order valence-electron chi connectivity index (χ1n) is 9.16. The molecule has 0 radical (unpaired) electrons. The Bertz CT molecular complexity index is 1120. The van der Waals surface area contributed by atoms with E-state index in [9.17, 15) is 9.18 Å². The number of hydrogen-bond donors (Lipinski definition) is 1. The van der Waals surface area contributed by atoms with Gasteiger partial charge in [0.15, 0.2) is 0 Å². The van der Waals surface area contributed by atoms with Crippen molar-refractivity contribution in [3.63, 3.8) is 0 Å². The molecule has 0 atom stereocenters. The number of hydrogen-bond acceptors (Lipinski definition) is 4. The maximum absolute atomic E-state index is 13.1. The molecule has 0 unspecified atom stereocenters. The van der Waals surface area contributed by atoms with Crippen LogP contribution >= 0.6 is 11.3 Å². The van der Waals surface area contributed by atoms with Gasteiger partial charge >= 0.3 is 0 Å². The second-order valence-corrected chi connectivity index (χ2v) is 7.59. The molecule has 1 N–H and O–H groups in total. The van der Waals surface area contributed by atoms with Crippen LogP contribution in [0.1, 0.15) is 26.5 Å². The first kappa shape index (κ1) is 19.0. The van der Waals surface area contributed by atoms with Crippen LogP contribution in [0.15, 0.2) is 67.0 Å². The molecule has 0 fully saturated rings.